The molecule has 23 heavy (non-hydrogen) atoms. The Labute approximate surface area is 139 Å². The number of phenols is 1. The van der Waals surface area contributed by atoms with Gasteiger partial charge >= 0.3 is 0 Å². The molecule has 3 heterocycles. The highest BCUT2D eigenvalue weighted by atomic mass is 32.1. The van der Waals surface area contributed by atoms with Crippen molar-refractivity contribution in [1.29, 1.82) is 0 Å². The molecular weight excluding hydrogens is 308 g/mol. The molecule has 2 N–H and O–H groups in total. The van der Waals surface area contributed by atoms with E-state index in [4.69, 9.17) is 0 Å². The Balaban J connectivity index is 1.46. The van der Waals surface area contributed by atoms with E-state index in [1.165, 1.54) is 30.8 Å². The number of rotatable bonds is 3. The van der Waals surface area contributed by atoms with Gasteiger partial charge in [-0.3, -0.25) is 4.79 Å². The van der Waals surface area contributed by atoms with Crippen molar-refractivity contribution in [3.63, 3.8) is 0 Å². The van der Waals surface area contributed by atoms with Crippen molar-refractivity contribution < 1.29 is 9.90 Å². The zero-order chi connectivity index (χ0) is 15.8. The molecule has 0 radical (unpaired) electrons. The Morgan fingerprint density at radius 1 is 1.22 bits per heavy atom. The third-order valence-electron chi connectivity index (χ3n) is 4.80. The van der Waals surface area contributed by atoms with E-state index in [-0.39, 0.29) is 17.7 Å². The van der Waals surface area contributed by atoms with Crippen LogP contribution in [0.1, 0.15) is 22.5 Å². The minimum absolute atomic E-state index is 0.00386. The quantitative estimate of drug-likeness (QED) is 0.911. The van der Waals surface area contributed by atoms with E-state index in [1.54, 1.807) is 12.1 Å². The van der Waals surface area contributed by atoms with Crippen LogP contribution in [0.2, 0.25) is 0 Å². The fourth-order valence-electron chi connectivity index (χ4n) is 3.71. The largest absolute Gasteiger partial charge is 0.507 e. The first-order valence-electron chi connectivity index (χ1n) is 8.10. The van der Waals surface area contributed by atoms with Crippen LogP contribution in [-0.4, -0.2) is 41.6 Å². The van der Waals surface area contributed by atoms with E-state index in [0.717, 1.165) is 29.3 Å². The van der Waals surface area contributed by atoms with Gasteiger partial charge in [-0.2, -0.15) is 0 Å². The molecule has 2 bridgehead atoms. The molecule has 1 aromatic heterocycles. The summed E-state index contributed by atoms with van der Waals surface area (Å²) in [6.45, 7) is 3.34. The van der Waals surface area contributed by atoms with Gasteiger partial charge < -0.3 is 15.3 Å². The lowest BCUT2D eigenvalue weighted by Crippen LogP contribution is -2.46. The smallest absolute Gasteiger partial charge is 0.261 e. The molecule has 2 fully saturated rings. The summed E-state index contributed by atoms with van der Waals surface area (Å²) in [6, 6.07) is 11.2. The van der Waals surface area contributed by atoms with Gasteiger partial charge in [-0.15, -0.1) is 11.3 Å². The lowest BCUT2D eigenvalue weighted by Gasteiger charge is -2.30. The summed E-state index contributed by atoms with van der Waals surface area (Å²) in [5, 5.41) is 13.1. The number of aromatic hydroxyl groups is 1. The summed E-state index contributed by atoms with van der Waals surface area (Å²) in [6.07, 6.45) is 2.36. The second kappa shape index (κ2) is 5.98. The first kappa shape index (κ1) is 14.7. The van der Waals surface area contributed by atoms with Gasteiger partial charge in [0.15, 0.2) is 0 Å². The molecule has 3 atom stereocenters. The Bertz CT molecular complexity index is 715. The standard InChI is InChI=1S/C18H20N2O2S/c21-15-4-2-1-3-14(15)16-5-6-17(23-16)18(22)19-13-9-12-7-8-20(10-12)11-13/h1-6,12-13,21H,7-11H2,(H,19,22)/t12-,13+/m0/s1. The highest BCUT2D eigenvalue weighted by Gasteiger charge is 2.33. The molecule has 0 spiro atoms. The number of carbonyl (C=O) groups is 1. The van der Waals surface area contributed by atoms with E-state index in [0.29, 0.717) is 4.88 Å². The molecule has 0 saturated carbocycles. The van der Waals surface area contributed by atoms with Crippen LogP contribution >= 0.6 is 11.3 Å². The summed E-state index contributed by atoms with van der Waals surface area (Å²) in [7, 11) is 0. The number of phenolic OH excluding ortho intramolecular Hbond substituents is 1. The Hall–Kier alpha value is -1.85. The van der Waals surface area contributed by atoms with Gasteiger partial charge in [0.25, 0.3) is 5.91 Å². The summed E-state index contributed by atoms with van der Waals surface area (Å²) < 4.78 is 0. The van der Waals surface area contributed by atoms with Crippen LogP contribution in [0, 0.1) is 5.92 Å². The lowest BCUT2D eigenvalue weighted by molar-refractivity contribution is 0.0913. The zero-order valence-corrected chi connectivity index (χ0v) is 13.7. The first-order valence-corrected chi connectivity index (χ1v) is 8.92. The molecule has 4 nitrogen and oxygen atoms in total. The number of benzene rings is 1. The molecular formula is C18H20N2O2S. The molecule has 2 aromatic rings. The molecule has 5 heteroatoms. The lowest BCUT2D eigenvalue weighted by atomic mass is 9.97. The van der Waals surface area contributed by atoms with Crippen molar-refractivity contribution in [2.24, 2.45) is 5.92 Å². The number of para-hydroxylation sites is 1. The van der Waals surface area contributed by atoms with Gasteiger partial charge in [0.1, 0.15) is 5.75 Å². The number of hydrogen-bond donors (Lipinski definition) is 2. The molecule has 120 valence electrons. The fourth-order valence-corrected chi connectivity index (χ4v) is 4.65. The van der Waals surface area contributed by atoms with Gasteiger partial charge in [0.2, 0.25) is 0 Å². The van der Waals surface area contributed by atoms with E-state index in [2.05, 4.69) is 10.2 Å². The molecule has 1 aromatic carbocycles. The average Bonchev–Trinajstić information content (AvgIpc) is 3.15. The summed E-state index contributed by atoms with van der Waals surface area (Å²) in [5.74, 6) is 0.997. The number of nitrogens with zero attached hydrogens (tertiary/aromatic N) is 1. The number of fused-ring (bicyclic) bond motifs is 2. The van der Waals surface area contributed by atoms with Crippen molar-refractivity contribution in [2.75, 3.05) is 19.6 Å². The molecule has 2 saturated heterocycles. The predicted octanol–water partition coefficient (Wildman–Crippen LogP) is 2.94. The van der Waals surface area contributed by atoms with E-state index in [1.807, 2.05) is 24.3 Å². The van der Waals surface area contributed by atoms with Crippen molar-refractivity contribution in [2.45, 2.75) is 18.9 Å². The molecule has 2 aliphatic rings. The maximum absolute atomic E-state index is 12.5. The molecule has 2 aliphatic heterocycles. The Morgan fingerprint density at radius 2 is 2.09 bits per heavy atom. The van der Waals surface area contributed by atoms with Crippen LogP contribution in [0.4, 0.5) is 0 Å². The number of nitrogens with one attached hydrogen (secondary N) is 1. The predicted molar refractivity (Wildman–Crippen MR) is 91.8 cm³/mol. The minimum atomic E-state index is 0.00386. The van der Waals surface area contributed by atoms with Gasteiger partial charge in [-0.1, -0.05) is 12.1 Å². The molecule has 0 aliphatic carbocycles. The fraction of sp³-hybridized carbons (Fsp3) is 0.389. The monoisotopic (exact) mass is 328 g/mol. The SMILES string of the molecule is O=C(N[C@@H]1C[C@@H]2CCN(C2)C1)c1ccc(-c2ccccc2O)s1. The van der Waals surface area contributed by atoms with Crippen molar-refractivity contribution >= 4 is 17.2 Å². The highest BCUT2D eigenvalue weighted by Crippen LogP contribution is 2.34. The normalized spacial score (nSPS) is 26.2. The third-order valence-corrected chi connectivity index (χ3v) is 5.92. The zero-order valence-electron chi connectivity index (χ0n) is 12.9. The van der Waals surface area contributed by atoms with Crippen LogP contribution in [0.5, 0.6) is 5.75 Å². The summed E-state index contributed by atoms with van der Waals surface area (Å²) in [5.41, 5.74) is 0.776. The van der Waals surface area contributed by atoms with Gasteiger partial charge in [0, 0.05) is 29.6 Å². The van der Waals surface area contributed by atoms with Crippen molar-refractivity contribution in [3.8, 4) is 16.2 Å². The van der Waals surface area contributed by atoms with Crippen LogP contribution < -0.4 is 5.32 Å². The van der Waals surface area contributed by atoms with E-state index < -0.39 is 0 Å². The van der Waals surface area contributed by atoms with Crippen molar-refractivity contribution in [3.05, 3.63) is 41.3 Å². The average molecular weight is 328 g/mol. The highest BCUT2D eigenvalue weighted by molar-refractivity contribution is 7.17. The van der Waals surface area contributed by atoms with Crippen LogP contribution in [-0.2, 0) is 0 Å². The third kappa shape index (κ3) is 2.99. The number of thiophene rings is 1. The van der Waals surface area contributed by atoms with E-state index >= 15 is 0 Å². The second-order valence-corrected chi connectivity index (χ2v) is 7.59. The molecule has 1 amide bonds. The van der Waals surface area contributed by atoms with Crippen LogP contribution in [0.3, 0.4) is 0 Å². The number of carbonyl (C=O) groups excluding carboxylic acids is 1. The second-order valence-electron chi connectivity index (χ2n) is 6.50. The van der Waals surface area contributed by atoms with Crippen LogP contribution in [0.15, 0.2) is 36.4 Å². The maximum Gasteiger partial charge on any atom is 0.261 e. The Kier molecular flexibility index (Phi) is 3.83. The van der Waals surface area contributed by atoms with Gasteiger partial charge in [-0.25, -0.2) is 0 Å². The maximum atomic E-state index is 12.5. The number of hydrogen-bond acceptors (Lipinski definition) is 4. The van der Waals surface area contributed by atoms with Crippen molar-refractivity contribution in [1.82, 2.24) is 10.2 Å². The molecule has 4 rings (SSSR count). The topological polar surface area (TPSA) is 52.6 Å². The van der Waals surface area contributed by atoms with Crippen LogP contribution in [0.25, 0.3) is 10.4 Å². The van der Waals surface area contributed by atoms with Gasteiger partial charge in [-0.05, 0) is 49.6 Å². The Morgan fingerprint density at radius 3 is 2.91 bits per heavy atom. The van der Waals surface area contributed by atoms with E-state index in [9.17, 15) is 9.90 Å². The first-order chi connectivity index (χ1) is 11.2. The van der Waals surface area contributed by atoms with Gasteiger partial charge in [0.05, 0.1) is 4.88 Å². The molecule has 1 unspecified atom stereocenters. The summed E-state index contributed by atoms with van der Waals surface area (Å²) >= 11 is 1.43. The number of amides is 1. The minimum Gasteiger partial charge on any atom is -0.507 e. The number of piperidine rings is 1. The summed E-state index contributed by atoms with van der Waals surface area (Å²) in [4.78, 5) is 16.6.